The number of carbonyl (C=O) groups excluding carboxylic acids is 2. The van der Waals surface area contributed by atoms with E-state index in [1.54, 1.807) is 11.9 Å². The van der Waals surface area contributed by atoms with E-state index < -0.39 is 5.60 Å². The lowest BCUT2D eigenvalue weighted by molar-refractivity contribution is 0.0244. The first kappa shape index (κ1) is 22.1. The van der Waals surface area contributed by atoms with Crippen LogP contribution in [0.2, 0.25) is 0 Å². The number of fused-ring (bicyclic) bond motifs is 1. The number of amides is 2. The zero-order chi connectivity index (χ0) is 22.1. The van der Waals surface area contributed by atoms with Crippen LogP contribution in [0.3, 0.4) is 0 Å². The SMILES string of the molecule is Cc1ccc2nc(C)cc(C(=O)N3CCCC(CN(C)C(=O)OC(C)(C)C)C3)c2c1. The maximum atomic E-state index is 13.4. The van der Waals surface area contributed by atoms with Crippen LogP contribution in [-0.2, 0) is 4.74 Å². The minimum absolute atomic E-state index is 0.0423. The zero-order valence-corrected chi connectivity index (χ0v) is 19.0. The third-order valence-electron chi connectivity index (χ3n) is 5.37. The summed E-state index contributed by atoms with van der Waals surface area (Å²) in [6.07, 6.45) is 1.60. The maximum absolute atomic E-state index is 13.4. The predicted octanol–water partition coefficient (Wildman–Crippen LogP) is 4.57. The van der Waals surface area contributed by atoms with Crippen molar-refractivity contribution in [2.75, 3.05) is 26.7 Å². The molecule has 1 aliphatic heterocycles. The lowest BCUT2D eigenvalue weighted by Gasteiger charge is -2.35. The first-order valence-electron chi connectivity index (χ1n) is 10.6. The molecule has 1 aromatic carbocycles. The molecule has 0 bridgehead atoms. The van der Waals surface area contributed by atoms with Gasteiger partial charge in [-0.3, -0.25) is 9.78 Å². The van der Waals surface area contributed by atoms with Gasteiger partial charge in [0.2, 0.25) is 0 Å². The van der Waals surface area contributed by atoms with Gasteiger partial charge in [-0.15, -0.1) is 0 Å². The molecule has 1 unspecified atom stereocenters. The molecule has 0 N–H and O–H groups in total. The van der Waals surface area contributed by atoms with E-state index in [2.05, 4.69) is 4.98 Å². The molecule has 30 heavy (non-hydrogen) atoms. The number of aryl methyl sites for hydroxylation is 2. The van der Waals surface area contributed by atoms with Crippen molar-refractivity contribution in [3.05, 3.63) is 41.1 Å². The van der Waals surface area contributed by atoms with Crippen LogP contribution in [0.25, 0.3) is 10.9 Å². The third kappa shape index (κ3) is 5.29. The van der Waals surface area contributed by atoms with Crippen LogP contribution in [0.4, 0.5) is 4.79 Å². The summed E-state index contributed by atoms with van der Waals surface area (Å²) >= 11 is 0. The van der Waals surface area contributed by atoms with Gasteiger partial charge in [0.05, 0.1) is 11.1 Å². The molecule has 1 fully saturated rings. The summed E-state index contributed by atoms with van der Waals surface area (Å²) in [6.45, 7) is 11.5. The highest BCUT2D eigenvalue weighted by Crippen LogP contribution is 2.25. The molecule has 0 saturated carbocycles. The van der Waals surface area contributed by atoms with E-state index in [9.17, 15) is 9.59 Å². The van der Waals surface area contributed by atoms with E-state index in [1.165, 1.54) is 0 Å². The summed E-state index contributed by atoms with van der Waals surface area (Å²) in [5.74, 6) is 0.275. The number of likely N-dealkylation sites (tertiary alicyclic amines) is 1. The molecular weight excluding hydrogens is 378 g/mol. The molecule has 162 valence electrons. The maximum Gasteiger partial charge on any atom is 0.410 e. The van der Waals surface area contributed by atoms with Crippen molar-refractivity contribution >= 4 is 22.9 Å². The van der Waals surface area contributed by atoms with Crippen molar-refractivity contribution < 1.29 is 14.3 Å². The Hall–Kier alpha value is -2.63. The summed E-state index contributed by atoms with van der Waals surface area (Å²) < 4.78 is 5.46. The van der Waals surface area contributed by atoms with Gasteiger partial charge in [-0.05, 0) is 71.6 Å². The topological polar surface area (TPSA) is 62.7 Å². The number of hydrogen-bond donors (Lipinski definition) is 0. The van der Waals surface area contributed by atoms with Crippen LogP contribution >= 0.6 is 0 Å². The molecule has 3 rings (SSSR count). The highest BCUT2D eigenvalue weighted by Gasteiger charge is 2.28. The number of pyridine rings is 1. The molecule has 2 amide bonds. The molecule has 6 heteroatoms. The minimum atomic E-state index is -0.516. The van der Waals surface area contributed by atoms with Crippen LogP contribution in [0, 0.1) is 19.8 Å². The molecular formula is C24H33N3O3. The zero-order valence-electron chi connectivity index (χ0n) is 19.0. The first-order chi connectivity index (χ1) is 14.0. The number of rotatable bonds is 3. The fourth-order valence-electron chi connectivity index (χ4n) is 4.02. The van der Waals surface area contributed by atoms with E-state index in [4.69, 9.17) is 4.74 Å². The summed E-state index contributed by atoms with van der Waals surface area (Å²) in [5.41, 5.74) is 2.99. The molecule has 1 aromatic heterocycles. The van der Waals surface area contributed by atoms with Gasteiger partial charge in [0, 0.05) is 37.8 Å². The van der Waals surface area contributed by atoms with Gasteiger partial charge >= 0.3 is 6.09 Å². The lowest BCUT2D eigenvalue weighted by atomic mass is 9.96. The van der Waals surface area contributed by atoms with Gasteiger partial charge in [0.25, 0.3) is 5.91 Å². The number of piperidine rings is 1. The molecule has 2 aromatic rings. The molecule has 0 spiro atoms. The van der Waals surface area contributed by atoms with Crippen molar-refractivity contribution in [1.29, 1.82) is 0 Å². The van der Waals surface area contributed by atoms with E-state index in [0.717, 1.165) is 41.5 Å². The van der Waals surface area contributed by atoms with Gasteiger partial charge in [-0.25, -0.2) is 4.79 Å². The van der Waals surface area contributed by atoms with Crippen molar-refractivity contribution in [1.82, 2.24) is 14.8 Å². The van der Waals surface area contributed by atoms with Crippen LogP contribution in [0.5, 0.6) is 0 Å². The van der Waals surface area contributed by atoms with Gasteiger partial charge in [0.1, 0.15) is 5.60 Å². The molecule has 1 aliphatic rings. The highest BCUT2D eigenvalue weighted by atomic mass is 16.6. The normalized spacial score (nSPS) is 17.1. The molecule has 1 saturated heterocycles. The quantitative estimate of drug-likeness (QED) is 0.742. The fourth-order valence-corrected chi connectivity index (χ4v) is 4.02. The highest BCUT2D eigenvalue weighted by molar-refractivity contribution is 6.06. The smallest absolute Gasteiger partial charge is 0.410 e. The number of ether oxygens (including phenoxy) is 1. The number of hydrogen-bond acceptors (Lipinski definition) is 4. The van der Waals surface area contributed by atoms with Gasteiger partial charge in [-0.2, -0.15) is 0 Å². The average molecular weight is 412 g/mol. The van der Waals surface area contributed by atoms with Crippen LogP contribution < -0.4 is 0 Å². The number of nitrogens with zero attached hydrogens (tertiary/aromatic N) is 3. The van der Waals surface area contributed by atoms with Gasteiger partial charge in [0.15, 0.2) is 0 Å². The predicted molar refractivity (Wildman–Crippen MR) is 119 cm³/mol. The molecule has 1 atom stereocenters. The Morgan fingerprint density at radius 1 is 1.23 bits per heavy atom. The Kier molecular flexibility index (Phi) is 6.34. The third-order valence-corrected chi connectivity index (χ3v) is 5.37. The largest absolute Gasteiger partial charge is 0.444 e. The average Bonchev–Trinajstić information content (AvgIpc) is 2.66. The molecule has 0 radical (unpaired) electrons. The van der Waals surface area contributed by atoms with Gasteiger partial charge < -0.3 is 14.5 Å². The Morgan fingerprint density at radius 2 is 1.97 bits per heavy atom. The molecule has 6 nitrogen and oxygen atoms in total. The fraction of sp³-hybridized carbons (Fsp3) is 0.542. The van der Waals surface area contributed by atoms with Crippen LogP contribution in [-0.4, -0.2) is 59.1 Å². The Balaban J connectivity index is 1.74. The van der Waals surface area contributed by atoms with Crippen molar-refractivity contribution in [3.8, 4) is 0 Å². The van der Waals surface area contributed by atoms with Crippen molar-refractivity contribution in [3.63, 3.8) is 0 Å². The second kappa shape index (κ2) is 8.62. The number of benzene rings is 1. The standard InChI is InChI=1S/C24H33N3O3/c1-16-9-10-21-19(12-16)20(13-17(2)25-21)22(28)27-11-7-8-18(15-27)14-26(6)23(29)30-24(3,4)5/h9-10,12-13,18H,7-8,11,14-15H2,1-6H3. The van der Waals surface area contributed by atoms with E-state index in [-0.39, 0.29) is 17.9 Å². The Labute approximate surface area is 179 Å². The van der Waals surface area contributed by atoms with Crippen molar-refractivity contribution in [2.45, 2.75) is 53.1 Å². The van der Waals surface area contributed by atoms with E-state index >= 15 is 0 Å². The monoisotopic (exact) mass is 411 g/mol. The number of carbonyl (C=O) groups is 2. The van der Waals surface area contributed by atoms with Crippen LogP contribution in [0.1, 0.15) is 55.2 Å². The first-order valence-corrected chi connectivity index (χ1v) is 10.6. The second-order valence-electron chi connectivity index (χ2n) is 9.45. The molecule has 2 heterocycles. The van der Waals surface area contributed by atoms with Gasteiger partial charge in [-0.1, -0.05) is 11.6 Å². The molecule has 0 aliphatic carbocycles. The number of aromatic nitrogens is 1. The van der Waals surface area contributed by atoms with Crippen LogP contribution in [0.15, 0.2) is 24.3 Å². The Bertz CT molecular complexity index is 949. The van der Waals surface area contributed by atoms with Crippen molar-refractivity contribution in [2.24, 2.45) is 5.92 Å². The minimum Gasteiger partial charge on any atom is -0.444 e. The summed E-state index contributed by atoms with van der Waals surface area (Å²) in [6, 6.07) is 7.92. The van der Waals surface area contributed by atoms with E-state index in [0.29, 0.717) is 18.7 Å². The summed E-state index contributed by atoms with van der Waals surface area (Å²) in [4.78, 5) is 33.9. The van der Waals surface area contributed by atoms with E-state index in [1.807, 2.05) is 63.8 Å². The Morgan fingerprint density at radius 3 is 2.67 bits per heavy atom. The summed E-state index contributed by atoms with van der Waals surface area (Å²) in [5, 5.41) is 0.901. The summed E-state index contributed by atoms with van der Waals surface area (Å²) in [7, 11) is 1.76. The lowest BCUT2D eigenvalue weighted by Crippen LogP contribution is -2.45. The second-order valence-corrected chi connectivity index (χ2v) is 9.45.